The first-order valence-electron chi connectivity index (χ1n) is 5.92. The van der Waals surface area contributed by atoms with Gasteiger partial charge in [-0.15, -0.1) is 0 Å². The Morgan fingerprint density at radius 2 is 1.71 bits per heavy atom. The summed E-state index contributed by atoms with van der Waals surface area (Å²) in [6.45, 7) is 13.5. The van der Waals surface area contributed by atoms with Gasteiger partial charge in [0.2, 0.25) is 0 Å². The molecule has 0 heterocycles. The van der Waals surface area contributed by atoms with E-state index in [1.54, 1.807) is 0 Å². The molecule has 2 unspecified atom stereocenters. The lowest BCUT2D eigenvalue weighted by Crippen LogP contribution is -2.39. The smallest absolute Gasteiger partial charge is 0.0107 e. The van der Waals surface area contributed by atoms with Crippen LogP contribution in [0.4, 0.5) is 0 Å². The molecule has 2 nitrogen and oxygen atoms in total. The summed E-state index contributed by atoms with van der Waals surface area (Å²) in [5.74, 6) is 0.726. The van der Waals surface area contributed by atoms with Crippen molar-refractivity contribution in [3.05, 3.63) is 0 Å². The van der Waals surface area contributed by atoms with Gasteiger partial charge in [0, 0.05) is 25.2 Å². The van der Waals surface area contributed by atoms with Crippen LogP contribution in [0.25, 0.3) is 0 Å². The van der Waals surface area contributed by atoms with Crippen LogP contribution in [0.15, 0.2) is 0 Å². The van der Waals surface area contributed by atoms with Crippen molar-refractivity contribution in [1.82, 2.24) is 10.2 Å². The SMILES string of the molecule is CCC(C)N(C)CCNC(C)C(C)C. The molecule has 14 heavy (non-hydrogen) atoms. The second-order valence-corrected chi connectivity index (χ2v) is 4.72. The highest BCUT2D eigenvalue weighted by Crippen LogP contribution is 2.01. The Morgan fingerprint density at radius 3 is 2.14 bits per heavy atom. The Morgan fingerprint density at radius 1 is 1.14 bits per heavy atom. The Balaban J connectivity index is 3.53. The maximum absolute atomic E-state index is 3.55. The second-order valence-electron chi connectivity index (χ2n) is 4.72. The van der Waals surface area contributed by atoms with E-state index in [4.69, 9.17) is 0 Å². The van der Waals surface area contributed by atoms with E-state index in [9.17, 15) is 0 Å². The maximum Gasteiger partial charge on any atom is 0.0107 e. The van der Waals surface area contributed by atoms with E-state index in [1.807, 2.05) is 0 Å². The van der Waals surface area contributed by atoms with Crippen molar-refractivity contribution in [3.63, 3.8) is 0 Å². The van der Waals surface area contributed by atoms with Gasteiger partial charge in [-0.05, 0) is 33.2 Å². The van der Waals surface area contributed by atoms with Crippen LogP contribution in [0.3, 0.4) is 0 Å². The number of rotatable bonds is 7. The van der Waals surface area contributed by atoms with E-state index >= 15 is 0 Å². The molecule has 0 saturated heterocycles. The van der Waals surface area contributed by atoms with Gasteiger partial charge in [0.05, 0.1) is 0 Å². The standard InChI is InChI=1S/C12H28N2/c1-7-11(4)14(6)9-8-13-12(5)10(2)3/h10-13H,7-9H2,1-6H3. The molecule has 0 bridgehead atoms. The molecule has 2 heteroatoms. The average Bonchev–Trinajstić information content (AvgIpc) is 2.15. The van der Waals surface area contributed by atoms with Gasteiger partial charge in [-0.3, -0.25) is 0 Å². The number of likely N-dealkylation sites (N-methyl/N-ethyl adjacent to an activating group) is 1. The van der Waals surface area contributed by atoms with Crippen LogP contribution in [0.5, 0.6) is 0 Å². The van der Waals surface area contributed by atoms with Crippen molar-refractivity contribution in [2.45, 2.75) is 53.1 Å². The van der Waals surface area contributed by atoms with Gasteiger partial charge in [0.15, 0.2) is 0 Å². The Kier molecular flexibility index (Phi) is 7.20. The monoisotopic (exact) mass is 200 g/mol. The third-order valence-corrected chi connectivity index (χ3v) is 3.27. The highest BCUT2D eigenvalue weighted by atomic mass is 15.1. The molecule has 0 amide bonds. The highest BCUT2D eigenvalue weighted by Gasteiger charge is 2.08. The van der Waals surface area contributed by atoms with Gasteiger partial charge in [-0.25, -0.2) is 0 Å². The molecule has 0 aromatic carbocycles. The molecular formula is C12H28N2. The molecule has 0 aliphatic heterocycles. The first kappa shape index (κ1) is 13.9. The Hall–Kier alpha value is -0.0800. The summed E-state index contributed by atoms with van der Waals surface area (Å²) in [5, 5.41) is 3.55. The predicted molar refractivity (Wildman–Crippen MR) is 64.7 cm³/mol. The van der Waals surface area contributed by atoms with E-state index in [1.165, 1.54) is 6.42 Å². The molecule has 0 spiro atoms. The van der Waals surface area contributed by atoms with Gasteiger partial charge in [0.1, 0.15) is 0 Å². The molecular weight excluding hydrogens is 172 g/mol. The van der Waals surface area contributed by atoms with Crippen LogP contribution in [-0.2, 0) is 0 Å². The lowest BCUT2D eigenvalue weighted by Gasteiger charge is -2.25. The minimum atomic E-state index is 0.625. The fraction of sp³-hybridized carbons (Fsp3) is 1.00. The van der Waals surface area contributed by atoms with Crippen LogP contribution < -0.4 is 5.32 Å². The summed E-state index contributed by atoms with van der Waals surface area (Å²) in [6.07, 6.45) is 1.23. The number of hydrogen-bond donors (Lipinski definition) is 1. The van der Waals surface area contributed by atoms with E-state index in [0.29, 0.717) is 12.1 Å². The molecule has 2 atom stereocenters. The third kappa shape index (κ3) is 5.61. The fourth-order valence-electron chi connectivity index (χ4n) is 1.24. The molecule has 0 aromatic heterocycles. The van der Waals surface area contributed by atoms with Crippen LogP contribution in [-0.4, -0.2) is 37.1 Å². The average molecular weight is 200 g/mol. The van der Waals surface area contributed by atoms with Gasteiger partial charge in [-0.2, -0.15) is 0 Å². The zero-order valence-electron chi connectivity index (χ0n) is 10.8. The van der Waals surface area contributed by atoms with Crippen molar-refractivity contribution in [2.24, 2.45) is 5.92 Å². The minimum Gasteiger partial charge on any atom is -0.313 e. The number of hydrogen-bond acceptors (Lipinski definition) is 2. The molecule has 86 valence electrons. The third-order valence-electron chi connectivity index (χ3n) is 3.27. The zero-order valence-corrected chi connectivity index (χ0v) is 10.8. The molecule has 0 aliphatic carbocycles. The normalized spacial score (nSPS) is 16.3. The van der Waals surface area contributed by atoms with Crippen LogP contribution in [0, 0.1) is 5.92 Å². The Bertz CT molecular complexity index is 134. The summed E-state index contributed by atoms with van der Waals surface area (Å²) in [7, 11) is 2.20. The van der Waals surface area contributed by atoms with Crippen molar-refractivity contribution < 1.29 is 0 Å². The van der Waals surface area contributed by atoms with E-state index in [-0.39, 0.29) is 0 Å². The molecule has 0 rings (SSSR count). The van der Waals surface area contributed by atoms with Crippen molar-refractivity contribution in [1.29, 1.82) is 0 Å². The van der Waals surface area contributed by atoms with E-state index in [2.05, 4.69) is 51.9 Å². The van der Waals surface area contributed by atoms with Crippen molar-refractivity contribution in [3.8, 4) is 0 Å². The Labute approximate surface area is 90.1 Å². The van der Waals surface area contributed by atoms with Gasteiger partial charge in [-0.1, -0.05) is 20.8 Å². The molecule has 0 fully saturated rings. The van der Waals surface area contributed by atoms with Crippen molar-refractivity contribution >= 4 is 0 Å². The van der Waals surface area contributed by atoms with Gasteiger partial charge < -0.3 is 10.2 Å². The lowest BCUT2D eigenvalue weighted by atomic mass is 10.1. The minimum absolute atomic E-state index is 0.625. The van der Waals surface area contributed by atoms with E-state index in [0.717, 1.165) is 19.0 Å². The molecule has 0 saturated carbocycles. The summed E-state index contributed by atoms with van der Waals surface area (Å²) in [6, 6.07) is 1.33. The largest absolute Gasteiger partial charge is 0.313 e. The molecule has 0 aliphatic rings. The topological polar surface area (TPSA) is 15.3 Å². The fourth-order valence-corrected chi connectivity index (χ4v) is 1.24. The molecule has 1 N–H and O–H groups in total. The summed E-state index contributed by atoms with van der Waals surface area (Å²) in [4.78, 5) is 2.42. The molecule has 0 radical (unpaired) electrons. The number of nitrogens with zero attached hydrogens (tertiary/aromatic N) is 1. The van der Waals surface area contributed by atoms with Crippen LogP contribution in [0.2, 0.25) is 0 Å². The van der Waals surface area contributed by atoms with E-state index < -0.39 is 0 Å². The van der Waals surface area contributed by atoms with Gasteiger partial charge >= 0.3 is 0 Å². The zero-order chi connectivity index (χ0) is 11.1. The number of nitrogens with one attached hydrogen (secondary N) is 1. The highest BCUT2D eigenvalue weighted by molar-refractivity contribution is 4.67. The maximum atomic E-state index is 3.55. The first-order chi connectivity index (χ1) is 6.49. The lowest BCUT2D eigenvalue weighted by molar-refractivity contribution is 0.245. The summed E-state index contributed by atoms with van der Waals surface area (Å²) >= 11 is 0. The second kappa shape index (κ2) is 7.24. The summed E-state index contributed by atoms with van der Waals surface area (Å²) < 4.78 is 0. The predicted octanol–water partition coefficient (Wildman–Crippen LogP) is 2.35. The first-order valence-corrected chi connectivity index (χ1v) is 5.92. The molecule has 0 aromatic rings. The van der Waals surface area contributed by atoms with Crippen LogP contribution >= 0.6 is 0 Å². The quantitative estimate of drug-likeness (QED) is 0.678. The van der Waals surface area contributed by atoms with Gasteiger partial charge in [0.25, 0.3) is 0 Å². The summed E-state index contributed by atoms with van der Waals surface area (Å²) in [5.41, 5.74) is 0. The van der Waals surface area contributed by atoms with Crippen molar-refractivity contribution in [2.75, 3.05) is 20.1 Å². The van der Waals surface area contributed by atoms with Crippen LogP contribution in [0.1, 0.15) is 41.0 Å².